The number of rotatable bonds is 4. The van der Waals surface area contributed by atoms with Crippen molar-refractivity contribution in [1.29, 1.82) is 0 Å². The number of carbonyl (C=O) groups is 1. The summed E-state index contributed by atoms with van der Waals surface area (Å²) in [6, 6.07) is 5.66. The van der Waals surface area contributed by atoms with E-state index in [2.05, 4.69) is 10.3 Å². The molecule has 0 bridgehead atoms. The smallest absolute Gasteiger partial charge is 0.231 e. The van der Waals surface area contributed by atoms with Gasteiger partial charge in [-0.15, -0.1) is 11.3 Å². The molecule has 1 amide bonds. The second-order valence-corrected chi connectivity index (χ2v) is 5.56. The zero-order valence-electron chi connectivity index (χ0n) is 11.0. The Morgan fingerprint density at radius 1 is 1.40 bits per heavy atom. The van der Waals surface area contributed by atoms with Crippen LogP contribution in [-0.2, 0) is 17.8 Å². The van der Waals surface area contributed by atoms with Crippen LogP contribution in [0.15, 0.2) is 23.6 Å². The van der Waals surface area contributed by atoms with E-state index in [0.29, 0.717) is 13.0 Å². The van der Waals surface area contributed by atoms with Gasteiger partial charge in [-0.25, -0.2) is 4.98 Å². The zero-order valence-corrected chi connectivity index (χ0v) is 11.8. The van der Waals surface area contributed by atoms with Crippen LogP contribution in [0.5, 0.6) is 11.5 Å². The molecule has 1 aromatic heterocycles. The topological polar surface area (TPSA) is 60.5 Å². The van der Waals surface area contributed by atoms with E-state index in [9.17, 15) is 4.79 Å². The normalized spacial score (nSPS) is 12.4. The number of nitrogens with zero attached hydrogens (tertiary/aromatic N) is 1. The van der Waals surface area contributed by atoms with Gasteiger partial charge in [-0.05, 0) is 24.6 Å². The number of nitrogens with one attached hydrogen (secondary N) is 1. The number of fused-ring (bicyclic) bond motifs is 1. The summed E-state index contributed by atoms with van der Waals surface area (Å²) in [6.45, 7) is 2.66. The van der Waals surface area contributed by atoms with E-state index in [4.69, 9.17) is 9.47 Å². The van der Waals surface area contributed by atoms with E-state index in [1.165, 1.54) is 0 Å². The van der Waals surface area contributed by atoms with Gasteiger partial charge in [0.2, 0.25) is 12.7 Å². The molecule has 1 aliphatic heterocycles. The van der Waals surface area contributed by atoms with Crippen LogP contribution in [-0.4, -0.2) is 17.7 Å². The third-order valence-corrected chi connectivity index (χ3v) is 3.76. The number of hydrogen-bond donors (Lipinski definition) is 1. The molecule has 0 saturated carbocycles. The van der Waals surface area contributed by atoms with E-state index < -0.39 is 0 Å². The van der Waals surface area contributed by atoms with Crippen molar-refractivity contribution in [2.75, 3.05) is 6.79 Å². The van der Waals surface area contributed by atoms with Gasteiger partial charge in [0.15, 0.2) is 11.5 Å². The molecule has 2 aromatic rings. The molecule has 0 radical (unpaired) electrons. The Labute approximate surface area is 120 Å². The summed E-state index contributed by atoms with van der Waals surface area (Å²) < 4.78 is 10.5. The number of amides is 1. The van der Waals surface area contributed by atoms with Crippen LogP contribution in [0.25, 0.3) is 0 Å². The minimum Gasteiger partial charge on any atom is -0.454 e. The molecule has 0 fully saturated rings. The molecule has 0 atom stereocenters. The zero-order chi connectivity index (χ0) is 13.9. The van der Waals surface area contributed by atoms with Crippen molar-refractivity contribution in [1.82, 2.24) is 10.3 Å². The summed E-state index contributed by atoms with van der Waals surface area (Å²) in [5.41, 5.74) is 1.80. The Bertz CT molecular complexity index is 639. The van der Waals surface area contributed by atoms with E-state index in [1.54, 1.807) is 11.3 Å². The number of aromatic nitrogens is 1. The third-order valence-electron chi connectivity index (χ3n) is 2.93. The third kappa shape index (κ3) is 2.91. The second kappa shape index (κ2) is 5.50. The van der Waals surface area contributed by atoms with E-state index in [-0.39, 0.29) is 12.7 Å². The minimum absolute atomic E-state index is 0.0343. The largest absolute Gasteiger partial charge is 0.454 e. The number of ether oxygens (including phenoxy) is 2. The summed E-state index contributed by atoms with van der Waals surface area (Å²) in [4.78, 5) is 16.1. The highest BCUT2D eigenvalue weighted by Gasteiger charge is 2.13. The molecule has 2 heterocycles. The highest BCUT2D eigenvalue weighted by atomic mass is 32.1. The summed E-state index contributed by atoms with van der Waals surface area (Å²) in [5.74, 6) is 1.44. The van der Waals surface area contributed by atoms with Gasteiger partial charge in [-0.3, -0.25) is 4.79 Å². The van der Waals surface area contributed by atoms with Gasteiger partial charge in [0.05, 0.1) is 17.1 Å². The first-order chi connectivity index (χ1) is 9.70. The molecule has 1 aromatic carbocycles. The van der Waals surface area contributed by atoms with Crippen molar-refractivity contribution in [3.8, 4) is 11.5 Å². The Balaban J connectivity index is 1.55. The molecule has 0 spiro atoms. The summed E-state index contributed by atoms with van der Waals surface area (Å²) in [7, 11) is 0. The number of aryl methyl sites for hydroxylation is 1. The van der Waals surface area contributed by atoms with Crippen LogP contribution in [0, 0.1) is 6.92 Å². The lowest BCUT2D eigenvalue weighted by atomic mass is 10.2. The highest BCUT2D eigenvalue weighted by Crippen LogP contribution is 2.32. The maximum Gasteiger partial charge on any atom is 0.231 e. The average Bonchev–Trinajstić information content (AvgIpc) is 3.04. The van der Waals surface area contributed by atoms with Crippen LogP contribution < -0.4 is 14.8 Å². The van der Waals surface area contributed by atoms with Gasteiger partial charge in [-0.1, -0.05) is 6.07 Å². The van der Waals surface area contributed by atoms with E-state index in [1.807, 2.05) is 30.5 Å². The van der Waals surface area contributed by atoms with Gasteiger partial charge in [0, 0.05) is 11.9 Å². The lowest BCUT2D eigenvalue weighted by Gasteiger charge is -2.05. The fourth-order valence-corrected chi connectivity index (χ4v) is 2.58. The maximum absolute atomic E-state index is 11.8. The molecule has 0 aliphatic carbocycles. The van der Waals surface area contributed by atoms with Crippen molar-refractivity contribution in [2.45, 2.75) is 19.9 Å². The molecule has 20 heavy (non-hydrogen) atoms. The lowest BCUT2D eigenvalue weighted by Crippen LogP contribution is -2.24. The molecule has 0 saturated heterocycles. The molecule has 104 valence electrons. The molecule has 1 N–H and O–H groups in total. The highest BCUT2D eigenvalue weighted by molar-refractivity contribution is 7.09. The lowest BCUT2D eigenvalue weighted by molar-refractivity contribution is -0.120. The number of thiazole rings is 1. The first-order valence-corrected chi connectivity index (χ1v) is 7.15. The fraction of sp³-hybridized carbons (Fsp3) is 0.286. The van der Waals surface area contributed by atoms with E-state index >= 15 is 0 Å². The molecular weight excluding hydrogens is 276 g/mol. The van der Waals surface area contributed by atoms with Crippen LogP contribution in [0.4, 0.5) is 0 Å². The van der Waals surface area contributed by atoms with Gasteiger partial charge in [-0.2, -0.15) is 0 Å². The number of benzene rings is 1. The molecule has 1 aliphatic rings. The first kappa shape index (κ1) is 12.9. The van der Waals surface area contributed by atoms with Gasteiger partial charge in [0.1, 0.15) is 0 Å². The summed E-state index contributed by atoms with van der Waals surface area (Å²) in [5, 5.41) is 5.76. The van der Waals surface area contributed by atoms with Crippen molar-refractivity contribution in [3.05, 3.63) is 39.8 Å². The maximum atomic E-state index is 11.8. The van der Waals surface area contributed by atoms with Crippen LogP contribution in [0.3, 0.4) is 0 Å². The molecular formula is C14H14N2O3S. The number of hydrogen-bond acceptors (Lipinski definition) is 5. The Hall–Kier alpha value is -2.08. The molecule has 0 unspecified atom stereocenters. The predicted molar refractivity (Wildman–Crippen MR) is 75.0 cm³/mol. The molecule has 3 rings (SSSR count). The average molecular weight is 290 g/mol. The first-order valence-electron chi connectivity index (χ1n) is 6.27. The Morgan fingerprint density at radius 3 is 3.05 bits per heavy atom. The SMILES string of the molecule is Cc1nc(CC(=O)NCc2ccc3c(c2)OCO3)cs1. The van der Waals surface area contributed by atoms with Crippen LogP contribution >= 0.6 is 11.3 Å². The van der Waals surface area contributed by atoms with Gasteiger partial charge >= 0.3 is 0 Å². The van der Waals surface area contributed by atoms with Crippen LogP contribution in [0.1, 0.15) is 16.3 Å². The quantitative estimate of drug-likeness (QED) is 0.936. The van der Waals surface area contributed by atoms with Gasteiger partial charge < -0.3 is 14.8 Å². The monoisotopic (exact) mass is 290 g/mol. The van der Waals surface area contributed by atoms with Gasteiger partial charge in [0.25, 0.3) is 0 Å². The van der Waals surface area contributed by atoms with Crippen molar-refractivity contribution in [2.24, 2.45) is 0 Å². The molecule has 6 heteroatoms. The Kier molecular flexibility index (Phi) is 3.56. The fourth-order valence-electron chi connectivity index (χ4n) is 1.97. The molecule has 5 nitrogen and oxygen atoms in total. The van der Waals surface area contributed by atoms with Crippen LogP contribution in [0.2, 0.25) is 0 Å². The predicted octanol–water partition coefficient (Wildman–Crippen LogP) is 2.04. The summed E-state index contributed by atoms with van der Waals surface area (Å²) >= 11 is 1.55. The van der Waals surface area contributed by atoms with Crippen molar-refractivity contribution in [3.63, 3.8) is 0 Å². The van der Waals surface area contributed by atoms with Crippen molar-refractivity contribution < 1.29 is 14.3 Å². The Morgan fingerprint density at radius 2 is 2.25 bits per heavy atom. The van der Waals surface area contributed by atoms with E-state index in [0.717, 1.165) is 27.8 Å². The standard InChI is InChI=1S/C14H14N2O3S/c1-9-16-11(7-20-9)5-14(17)15-6-10-2-3-12-13(4-10)19-8-18-12/h2-4,7H,5-6,8H2,1H3,(H,15,17). The second-order valence-electron chi connectivity index (χ2n) is 4.50. The summed E-state index contributed by atoms with van der Waals surface area (Å²) in [6.07, 6.45) is 0.314. The minimum atomic E-state index is -0.0343. The number of carbonyl (C=O) groups excluding carboxylic acids is 1. The van der Waals surface area contributed by atoms with Crippen molar-refractivity contribution >= 4 is 17.2 Å².